The Kier molecular flexibility index (Phi) is 4.63. The van der Waals surface area contributed by atoms with Crippen molar-refractivity contribution in [2.45, 2.75) is 18.8 Å². The molecule has 21 heavy (non-hydrogen) atoms. The molecule has 0 radical (unpaired) electrons. The van der Waals surface area contributed by atoms with E-state index in [4.69, 9.17) is 4.98 Å². The van der Waals surface area contributed by atoms with Crippen LogP contribution in [0.4, 0.5) is 0 Å². The minimum atomic E-state index is 0.545. The maximum absolute atomic E-state index is 4.74. The first-order valence-corrected chi connectivity index (χ1v) is 8.22. The van der Waals surface area contributed by atoms with Gasteiger partial charge in [0, 0.05) is 6.54 Å². The molecule has 0 amide bonds. The second-order valence-corrected chi connectivity index (χ2v) is 6.39. The molecule has 1 unspecified atom stereocenters. The molecule has 0 aliphatic rings. The third-order valence-electron chi connectivity index (χ3n) is 3.77. The smallest absolute Gasteiger partial charge is 0.0938 e. The number of aryl methyl sites for hydroxylation is 1. The van der Waals surface area contributed by atoms with E-state index in [1.165, 1.54) is 15.3 Å². The maximum atomic E-state index is 4.74. The van der Waals surface area contributed by atoms with E-state index in [9.17, 15) is 0 Å². The minimum absolute atomic E-state index is 0.545. The number of aromatic nitrogens is 1. The zero-order valence-electron chi connectivity index (χ0n) is 12.3. The highest BCUT2D eigenvalue weighted by Crippen LogP contribution is 2.26. The molecule has 1 heterocycles. The molecule has 3 heteroatoms. The van der Waals surface area contributed by atoms with Gasteiger partial charge in [-0.2, -0.15) is 0 Å². The van der Waals surface area contributed by atoms with Crippen molar-refractivity contribution in [3.8, 4) is 0 Å². The number of thiazole rings is 1. The summed E-state index contributed by atoms with van der Waals surface area (Å²) in [5.41, 5.74) is 2.54. The van der Waals surface area contributed by atoms with E-state index in [1.807, 2.05) is 18.4 Å². The van der Waals surface area contributed by atoms with E-state index >= 15 is 0 Å². The van der Waals surface area contributed by atoms with E-state index in [2.05, 4.69) is 59.9 Å². The second kappa shape index (κ2) is 6.83. The molecular formula is C18H20N2S. The van der Waals surface area contributed by atoms with Crippen molar-refractivity contribution in [2.24, 2.45) is 0 Å². The van der Waals surface area contributed by atoms with Crippen LogP contribution in [0.3, 0.4) is 0 Å². The fraction of sp³-hybridized carbons (Fsp3) is 0.278. The SMILES string of the molecule is CNCC(CCc1nc2ccccc2s1)c1ccccc1. The average molecular weight is 296 g/mol. The van der Waals surface area contributed by atoms with Gasteiger partial charge in [-0.05, 0) is 43.5 Å². The van der Waals surface area contributed by atoms with Gasteiger partial charge in [0.25, 0.3) is 0 Å². The van der Waals surface area contributed by atoms with Crippen LogP contribution in [-0.4, -0.2) is 18.6 Å². The first-order chi connectivity index (χ1) is 10.4. The Morgan fingerprint density at radius 1 is 1.05 bits per heavy atom. The summed E-state index contributed by atoms with van der Waals surface area (Å²) in [4.78, 5) is 4.74. The molecule has 0 spiro atoms. The molecule has 3 rings (SSSR count). The average Bonchev–Trinajstić information content (AvgIpc) is 2.95. The first-order valence-electron chi connectivity index (χ1n) is 7.41. The lowest BCUT2D eigenvalue weighted by molar-refractivity contribution is 0.583. The highest BCUT2D eigenvalue weighted by Gasteiger charge is 2.12. The van der Waals surface area contributed by atoms with E-state index in [0.29, 0.717) is 5.92 Å². The summed E-state index contributed by atoms with van der Waals surface area (Å²) in [6, 6.07) is 19.1. The molecule has 0 bridgehead atoms. The van der Waals surface area contributed by atoms with Gasteiger partial charge in [0.15, 0.2) is 0 Å². The molecule has 0 aliphatic heterocycles. The molecule has 0 saturated heterocycles. The third-order valence-corrected chi connectivity index (χ3v) is 4.86. The van der Waals surface area contributed by atoms with Gasteiger partial charge in [0.05, 0.1) is 15.2 Å². The zero-order valence-corrected chi connectivity index (χ0v) is 13.1. The molecule has 2 nitrogen and oxygen atoms in total. The Hall–Kier alpha value is -1.71. The van der Waals surface area contributed by atoms with Gasteiger partial charge in [-0.25, -0.2) is 4.98 Å². The number of hydrogen-bond donors (Lipinski definition) is 1. The fourth-order valence-electron chi connectivity index (χ4n) is 2.68. The van der Waals surface area contributed by atoms with Crippen LogP contribution < -0.4 is 5.32 Å². The predicted molar refractivity (Wildman–Crippen MR) is 91.1 cm³/mol. The van der Waals surface area contributed by atoms with Crippen LogP contribution in [-0.2, 0) is 6.42 Å². The summed E-state index contributed by atoms with van der Waals surface area (Å²) in [5.74, 6) is 0.545. The van der Waals surface area contributed by atoms with Crippen molar-refractivity contribution < 1.29 is 0 Å². The molecule has 0 saturated carbocycles. The lowest BCUT2D eigenvalue weighted by Crippen LogP contribution is -2.17. The predicted octanol–water partition coefficient (Wildman–Crippen LogP) is 4.23. The van der Waals surface area contributed by atoms with Crippen LogP contribution in [0.5, 0.6) is 0 Å². The summed E-state index contributed by atoms with van der Waals surface area (Å²) in [5, 5.41) is 4.56. The molecule has 1 atom stereocenters. The molecule has 108 valence electrons. The summed E-state index contributed by atoms with van der Waals surface area (Å²) >= 11 is 1.82. The van der Waals surface area contributed by atoms with Crippen molar-refractivity contribution in [3.05, 3.63) is 65.2 Å². The van der Waals surface area contributed by atoms with E-state index < -0.39 is 0 Å². The van der Waals surface area contributed by atoms with E-state index in [0.717, 1.165) is 24.9 Å². The van der Waals surface area contributed by atoms with Crippen molar-refractivity contribution in [1.29, 1.82) is 0 Å². The Labute approximate surface area is 129 Å². The molecule has 1 aromatic heterocycles. The number of hydrogen-bond acceptors (Lipinski definition) is 3. The molecule has 1 N–H and O–H groups in total. The normalized spacial score (nSPS) is 12.6. The summed E-state index contributed by atoms with van der Waals surface area (Å²) < 4.78 is 1.29. The van der Waals surface area contributed by atoms with Crippen LogP contribution >= 0.6 is 11.3 Å². The monoisotopic (exact) mass is 296 g/mol. The molecule has 0 fully saturated rings. The Balaban J connectivity index is 1.71. The number of nitrogens with zero attached hydrogens (tertiary/aromatic N) is 1. The van der Waals surface area contributed by atoms with Crippen LogP contribution in [0.25, 0.3) is 10.2 Å². The highest BCUT2D eigenvalue weighted by molar-refractivity contribution is 7.18. The topological polar surface area (TPSA) is 24.9 Å². The van der Waals surface area contributed by atoms with Gasteiger partial charge in [-0.3, -0.25) is 0 Å². The Bertz CT molecular complexity index is 658. The van der Waals surface area contributed by atoms with Crippen LogP contribution in [0, 0.1) is 0 Å². The van der Waals surface area contributed by atoms with Crippen LogP contribution in [0.1, 0.15) is 22.9 Å². The van der Waals surface area contributed by atoms with Crippen molar-refractivity contribution in [3.63, 3.8) is 0 Å². The van der Waals surface area contributed by atoms with Crippen LogP contribution in [0.2, 0.25) is 0 Å². The lowest BCUT2D eigenvalue weighted by atomic mass is 9.94. The van der Waals surface area contributed by atoms with Gasteiger partial charge < -0.3 is 5.32 Å². The minimum Gasteiger partial charge on any atom is -0.319 e. The van der Waals surface area contributed by atoms with Crippen molar-refractivity contribution >= 4 is 21.6 Å². The summed E-state index contributed by atoms with van der Waals surface area (Å²) in [6.07, 6.45) is 2.17. The molecule has 3 aromatic rings. The number of likely N-dealkylation sites (N-methyl/N-ethyl adjacent to an activating group) is 1. The molecule has 0 aliphatic carbocycles. The highest BCUT2D eigenvalue weighted by atomic mass is 32.1. The van der Waals surface area contributed by atoms with Gasteiger partial charge in [-0.1, -0.05) is 42.5 Å². The fourth-order valence-corrected chi connectivity index (χ4v) is 3.67. The molecule has 2 aromatic carbocycles. The first kappa shape index (κ1) is 14.2. The Morgan fingerprint density at radius 2 is 1.81 bits per heavy atom. The Morgan fingerprint density at radius 3 is 2.57 bits per heavy atom. The number of rotatable bonds is 6. The maximum Gasteiger partial charge on any atom is 0.0938 e. The largest absolute Gasteiger partial charge is 0.319 e. The molecular weight excluding hydrogens is 276 g/mol. The number of fused-ring (bicyclic) bond motifs is 1. The van der Waals surface area contributed by atoms with Gasteiger partial charge >= 0.3 is 0 Å². The van der Waals surface area contributed by atoms with Gasteiger partial charge in [-0.15, -0.1) is 11.3 Å². The van der Waals surface area contributed by atoms with E-state index in [1.54, 1.807) is 0 Å². The standard InChI is InChI=1S/C18H20N2S/c1-19-13-15(14-7-3-2-4-8-14)11-12-18-20-16-9-5-6-10-17(16)21-18/h2-10,15,19H,11-13H2,1H3. The van der Waals surface area contributed by atoms with Crippen molar-refractivity contribution in [1.82, 2.24) is 10.3 Å². The summed E-state index contributed by atoms with van der Waals surface area (Å²) in [7, 11) is 2.02. The second-order valence-electron chi connectivity index (χ2n) is 5.28. The lowest BCUT2D eigenvalue weighted by Gasteiger charge is -2.16. The quantitative estimate of drug-likeness (QED) is 0.736. The van der Waals surface area contributed by atoms with Crippen molar-refractivity contribution in [2.75, 3.05) is 13.6 Å². The number of para-hydroxylation sites is 1. The van der Waals surface area contributed by atoms with E-state index in [-0.39, 0.29) is 0 Å². The van der Waals surface area contributed by atoms with Gasteiger partial charge in [0.2, 0.25) is 0 Å². The van der Waals surface area contributed by atoms with Gasteiger partial charge in [0.1, 0.15) is 0 Å². The number of nitrogens with one attached hydrogen (secondary N) is 1. The number of benzene rings is 2. The van der Waals surface area contributed by atoms with Crippen LogP contribution in [0.15, 0.2) is 54.6 Å². The third kappa shape index (κ3) is 3.49. The summed E-state index contributed by atoms with van der Waals surface area (Å²) in [6.45, 7) is 1.01. The zero-order chi connectivity index (χ0) is 14.5.